The maximum atomic E-state index is 12.4. The molecule has 0 aromatic heterocycles. The number of carbonyl (C=O) groups excluding carboxylic acids is 2. The fourth-order valence-electron chi connectivity index (χ4n) is 1.98. The minimum absolute atomic E-state index is 0.107. The maximum absolute atomic E-state index is 12.4. The zero-order valence-corrected chi connectivity index (χ0v) is 11.1. The van der Waals surface area contributed by atoms with Gasteiger partial charge in [-0.3, -0.25) is 9.59 Å². The SMILES string of the molecule is CC1(C)NC(=O)CCN(c2ccc(Cl)cc2)C1=O. The summed E-state index contributed by atoms with van der Waals surface area (Å²) in [5.74, 6) is -0.222. The molecule has 1 aliphatic heterocycles. The first-order valence-corrected chi connectivity index (χ1v) is 6.16. The van der Waals surface area contributed by atoms with Gasteiger partial charge < -0.3 is 10.2 Å². The number of nitrogens with zero attached hydrogens (tertiary/aromatic N) is 1. The molecule has 1 aliphatic rings. The Morgan fingerprint density at radius 3 is 2.44 bits per heavy atom. The molecule has 0 saturated carbocycles. The number of nitrogens with one attached hydrogen (secondary N) is 1. The summed E-state index contributed by atoms with van der Waals surface area (Å²) in [7, 11) is 0. The molecule has 2 rings (SSSR count). The number of carbonyl (C=O) groups is 2. The summed E-state index contributed by atoms with van der Waals surface area (Å²) in [6.45, 7) is 3.80. The Morgan fingerprint density at radius 2 is 1.83 bits per heavy atom. The Bertz CT molecular complexity index is 482. The largest absolute Gasteiger partial charge is 0.342 e. The van der Waals surface area contributed by atoms with E-state index in [2.05, 4.69) is 5.32 Å². The maximum Gasteiger partial charge on any atom is 0.252 e. The number of rotatable bonds is 1. The molecule has 0 unspecified atom stereocenters. The van der Waals surface area contributed by atoms with Gasteiger partial charge in [0.2, 0.25) is 5.91 Å². The van der Waals surface area contributed by atoms with Gasteiger partial charge in [0.15, 0.2) is 0 Å². The van der Waals surface area contributed by atoms with Crippen molar-refractivity contribution in [1.82, 2.24) is 5.32 Å². The summed E-state index contributed by atoms with van der Waals surface area (Å²) in [6.07, 6.45) is 0.303. The van der Waals surface area contributed by atoms with Gasteiger partial charge in [0.05, 0.1) is 0 Å². The van der Waals surface area contributed by atoms with E-state index in [1.807, 2.05) is 0 Å². The van der Waals surface area contributed by atoms with Gasteiger partial charge >= 0.3 is 0 Å². The van der Waals surface area contributed by atoms with Crippen molar-refractivity contribution in [2.24, 2.45) is 0 Å². The first-order chi connectivity index (χ1) is 8.40. The van der Waals surface area contributed by atoms with Gasteiger partial charge in [-0.05, 0) is 38.1 Å². The lowest BCUT2D eigenvalue weighted by atomic mass is 10.0. The first-order valence-electron chi connectivity index (χ1n) is 5.79. The second-order valence-electron chi connectivity index (χ2n) is 4.86. The van der Waals surface area contributed by atoms with E-state index in [0.29, 0.717) is 18.0 Å². The van der Waals surface area contributed by atoms with Gasteiger partial charge in [0, 0.05) is 23.7 Å². The summed E-state index contributed by atoms with van der Waals surface area (Å²) < 4.78 is 0. The molecule has 5 heteroatoms. The van der Waals surface area contributed by atoms with Gasteiger partial charge in [-0.1, -0.05) is 11.6 Å². The van der Waals surface area contributed by atoms with Gasteiger partial charge in [0.25, 0.3) is 5.91 Å². The van der Waals surface area contributed by atoms with Crippen LogP contribution in [0.15, 0.2) is 24.3 Å². The number of hydrogen-bond donors (Lipinski definition) is 1. The van der Waals surface area contributed by atoms with E-state index < -0.39 is 5.54 Å². The van der Waals surface area contributed by atoms with Crippen LogP contribution in [0.1, 0.15) is 20.3 Å². The minimum atomic E-state index is -0.882. The van der Waals surface area contributed by atoms with Crippen molar-refractivity contribution < 1.29 is 9.59 Å². The lowest BCUT2D eigenvalue weighted by Gasteiger charge is -2.28. The molecule has 18 heavy (non-hydrogen) atoms. The molecule has 4 nitrogen and oxygen atoms in total. The predicted octanol–water partition coefficient (Wildman–Crippen LogP) is 1.97. The molecule has 1 aromatic rings. The van der Waals surface area contributed by atoms with Crippen molar-refractivity contribution in [3.8, 4) is 0 Å². The second kappa shape index (κ2) is 4.61. The molecule has 0 spiro atoms. The monoisotopic (exact) mass is 266 g/mol. The van der Waals surface area contributed by atoms with Crippen molar-refractivity contribution >= 4 is 29.1 Å². The standard InChI is InChI=1S/C13H15ClN2O2/c1-13(2)12(18)16(8-7-11(17)15-13)10-5-3-9(14)4-6-10/h3-6H,7-8H2,1-2H3,(H,15,17). The van der Waals surface area contributed by atoms with E-state index in [1.54, 1.807) is 43.0 Å². The highest BCUT2D eigenvalue weighted by Gasteiger charge is 2.36. The molecule has 0 radical (unpaired) electrons. The lowest BCUT2D eigenvalue weighted by molar-refractivity contribution is -0.128. The van der Waals surface area contributed by atoms with Crippen LogP contribution in [0, 0.1) is 0 Å². The third-order valence-corrected chi connectivity index (χ3v) is 3.18. The molecule has 0 atom stereocenters. The topological polar surface area (TPSA) is 49.4 Å². The Labute approximate surface area is 111 Å². The van der Waals surface area contributed by atoms with Crippen LogP contribution < -0.4 is 10.2 Å². The van der Waals surface area contributed by atoms with Crippen LogP contribution in [-0.4, -0.2) is 23.9 Å². The fraction of sp³-hybridized carbons (Fsp3) is 0.385. The van der Waals surface area contributed by atoms with Crippen LogP contribution >= 0.6 is 11.6 Å². The van der Waals surface area contributed by atoms with Crippen molar-refractivity contribution in [1.29, 1.82) is 0 Å². The number of halogens is 1. The van der Waals surface area contributed by atoms with Crippen molar-refractivity contribution in [3.63, 3.8) is 0 Å². The van der Waals surface area contributed by atoms with E-state index in [1.165, 1.54) is 0 Å². The number of amides is 2. The average Bonchev–Trinajstić information content (AvgIpc) is 2.39. The third-order valence-electron chi connectivity index (χ3n) is 2.93. The summed E-state index contributed by atoms with van der Waals surface area (Å²) >= 11 is 5.83. The van der Waals surface area contributed by atoms with Gasteiger partial charge in [-0.15, -0.1) is 0 Å². The quantitative estimate of drug-likeness (QED) is 0.845. The Hall–Kier alpha value is -1.55. The van der Waals surface area contributed by atoms with Crippen LogP contribution in [-0.2, 0) is 9.59 Å². The molecule has 0 bridgehead atoms. The van der Waals surface area contributed by atoms with E-state index in [-0.39, 0.29) is 11.8 Å². The van der Waals surface area contributed by atoms with Crippen LogP contribution in [0.25, 0.3) is 0 Å². The molecule has 1 N–H and O–H groups in total. The number of hydrogen-bond acceptors (Lipinski definition) is 2. The summed E-state index contributed by atoms with van der Waals surface area (Å²) in [5, 5.41) is 3.34. The molecule has 2 amide bonds. The van der Waals surface area contributed by atoms with Crippen molar-refractivity contribution in [3.05, 3.63) is 29.3 Å². The zero-order valence-electron chi connectivity index (χ0n) is 10.4. The van der Waals surface area contributed by atoms with E-state index in [9.17, 15) is 9.59 Å². The third kappa shape index (κ3) is 2.48. The molecule has 96 valence electrons. The van der Waals surface area contributed by atoms with Crippen molar-refractivity contribution in [2.75, 3.05) is 11.4 Å². The molecule has 1 aromatic carbocycles. The van der Waals surface area contributed by atoms with Crippen molar-refractivity contribution in [2.45, 2.75) is 25.8 Å². The summed E-state index contributed by atoms with van der Waals surface area (Å²) in [4.78, 5) is 25.6. The number of anilines is 1. The predicted molar refractivity (Wildman–Crippen MR) is 70.6 cm³/mol. The van der Waals surface area contributed by atoms with Crippen LogP contribution in [0.2, 0.25) is 5.02 Å². The first kappa shape index (κ1) is 12.9. The normalized spacial score (nSPS) is 19.4. The molecular weight excluding hydrogens is 252 g/mol. The van der Waals surface area contributed by atoms with E-state index in [4.69, 9.17) is 11.6 Å². The number of benzene rings is 1. The molecule has 1 heterocycles. The average molecular weight is 267 g/mol. The molecule has 0 aliphatic carbocycles. The highest BCUT2D eigenvalue weighted by Crippen LogP contribution is 2.23. The van der Waals surface area contributed by atoms with Gasteiger partial charge in [0.1, 0.15) is 5.54 Å². The summed E-state index contributed by atoms with van der Waals surface area (Å²) in [5.41, 5.74) is -0.123. The van der Waals surface area contributed by atoms with Gasteiger partial charge in [-0.2, -0.15) is 0 Å². The van der Waals surface area contributed by atoms with Crippen LogP contribution in [0.4, 0.5) is 5.69 Å². The summed E-state index contributed by atoms with van der Waals surface area (Å²) in [6, 6.07) is 7.03. The molecule has 1 saturated heterocycles. The Kier molecular flexibility index (Phi) is 3.30. The lowest BCUT2D eigenvalue weighted by Crippen LogP contribution is -2.53. The molecule has 1 fully saturated rings. The minimum Gasteiger partial charge on any atom is -0.342 e. The second-order valence-corrected chi connectivity index (χ2v) is 5.29. The zero-order chi connectivity index (χ0) is 13.3. The fourth-order valence-corrected chi connectivity index (χ4v) is 2.11. The van der Waals surface area contributed by atoms with E-state index >= 15 is 0 Å². The molecular formula is C13H15ClN2O2. The smallest absolute Gasteiger partial charge is 0.252 e. The Morgan fingerprint density at radius 1 is 1.22 bits per heavy atom. The Balaban J connectivity index is 2.34. The van der Waals surface area contributed by atoms with E-state index in [0.717, 1.165) is 5.69 Å². The van der Waals surface area contributed by atoms with Crippen LogP contribution in [0.5, 0.6) is 0 Å². The van der Waals surface area contributed by atoms with Crippen LogP contribution in [0.3, 0.4) is 0 Å². The van der Waals surface area contributed by atoms with Gasteiger partial charge in [-0.25, -0.2) is 0 Å². The highest BCUT2D eigenvalue weighted by atomic mass is 35.5. The highest BCUT2D eigenvalue weighted by molar-refractivity contribution is 6.30.